The molecule has 1 fully saturated rings. The van der Waals surface area contributed by atoms with Crippen molar-refractivity contribution in [3.63, 3.8) is 0 Å². The van der Waals surface area contributed by atoms with Gasteiger partial charge in [0.15, 0.2) is 0 Å². The van der Waals surface area contributed by atoms with Crippen molar-refractivity contribution >= 4 is 22.9 Å². The van der Waals surface area contributed by atoms with Crippen molar-refractivity contribution < 1.29 is 9.18 Å². The van der Waals surface area contributed by atoms with E-state index in [0.717, 1.165) is 30.1 Å². The number of thiazole rings is 1. The Kier molecular flexibility index (Phi) is 5.39. The number of amides is 1. The Morgan fingerprint density at radius 2 is 1.96 bits per heavy atom. The van der Waals surface area contributed by atoms with E-state index >= 15 is 0 Å². The van der Waals surface area contributed by atoms with Gasteiger partial charge in [-0.3, -0.25) is 4.79 Å². The minimum absolute atomic E-state index is 0.0819. The van der Waals surface area contributed by atoms with E-state index in [4.69, 9.17) is 0 Å². The number of benzene rings is 2. The quantitative estimate of drug-likeness (QED) is 0.691. The lowest BCUT2D eigenvalue weighted by Crippen LogP contribution is -2.30. The Morgan fingerprint density at radius 1 is 1.21 bits per heavy atom. The van der Waals surface area contributed by atoms with Crippen molar-refractivity contribution in [1.82, 2.24) is 10.3 Å². The van der Waals surface area contributed by atoms with Crippen LogP contribution in [-0.2, 0) is 0 Å². The van der Waals surface area contributed by atoms with E-state index < -0.39 is 0 Å². The summed E-state index contributed by atoms with van der Waals surface area (Å²) in [5, 5.41) is 3.81. The van der Waals surface area contributed by atoms with Gasteiger partial charge in [0.05, 0.1) is 5.69 Å². The fourth-order valence-corrected chi connectivity index (χ4v) is 4.50. The van der Waals surface area contributed by atoms with Crippen molar-refractivity contribution in [2.75, 3.05) is 24.5 Å². The summed E-state index contributed by atoms with van der Waals surface area (Å²) in [7, 11) is 0. The molecule has 1 saturated heterocycles. The lowest BCUT2D eigenvalue weighted by molar-refractivity contribution is 0.0951. The number of rotatable bonds is 5. The zero-order valence-electron chi connectivity index (χ0n) is 15.7. The normalized spacial score (nSPS) is 16.4. The average molecular weight is 396 g/mol. The van der Waals surface area contributed by atoms with Gasteiger partial charge in [0.25, 0.3) is 5.91 Å². The summed E-state index contributed by atoms with van der Waals surface area (Å²) >= 11 is 1.35. The predicted octanol–water partition coefficient (Wildman–Crippen LogP) is 4.51. The molecular weight excluding hydrogens is 373 g/mol. The second-order valence-electron chi connectivity index (χ2n) is 7.09. The van der Waals surface area contributed by atoms with E-state index in [1.54, 1.807) is 12.1 Å². The van der Waals surface area contributed by atoms with Crippen LogP contribution in [-0.4, -0.2) is 30.5 Å². The van der Waals surface area contributed by atoms with Crippen LogP contribution >= 0.6 is 11.3 Å². The first-order chi connectivity index (χ1) is 13.6. The van der Waals surface area contributed by atoms with Gasteiger partial charge >= 0.3 is 0 Å². The maximum Gasteiger partial charge on any atom is 0.263 e. The third kappa shape index (κ3) is 4.07. The van der Waals surface area contributed by atoms with Crippen molar-refractivity contribution in [2.45, 2.75) is 13.3 Å². The molecule has 2 aromatic carbocycles. The van der Waals surface area contributed by atoms with Crippen molar-refractivity contribution in [1.29, 1.82) is 0 Å². The minimum atomic E-state index is -0.281. The van der Waals surface area contributed by atoms with Gasteiger partial charge < -0.3 is 10.2 Å². The molecular formula is C22H22FN3OS. The first-order valence-corrected chi connectivity index (χ1v) is 10.2. The second kappa shape index (κ2) is 8.10. The molecule has 1 aromatic heterocycles. The number of para-hydroxylation sites is 1. The third-order valence-corrected chi connectivity index (χ3v) is 6.26. The van der Waals surface area contributed by atoms with Gasteiger partial charge in [0.1, 0.15) is 15.7 Å². The molecule has 1 N–H and O–H groups in total. The van der Waals surface area contributed by atoms with Gasteiger partial charge in [-0.1, -0.05) is 18.2 Å². The smallest absolute Gasteiger partial charge is 0.263 e. The molecule has 28 heavy (non-hydrogen) atoms. The Balaban J connectivity index is 1.36. The van der Waals surface area contributed by atoms with Crippen molar-refractivity contribution in [2.24, 2.45) is 5.92 Å². The van der Waals surface area contributed by atoms with E-state index in [1.165, 1.54) is 29.2 Å². The maximum absolute atomic E-state index is 13.1. The molecule has 1 aliphatic rings. The molecule has 3 aromatic rings. The fourth-order valence-electron chi connectivity index (χ4n) is 3.51. The summed E-state index contributed by atoms with van der Waals surface area (Å²) in [5.74, 6) is 0.0755. The molecule has 4 rings (SSSR count). The maximum atomic E-state index is 13.1. The number of nitrogens with one attached hydrogen (secondary N) is 1. The molecule has 2 heterocycles. The molecule has 1 amide bonds. The van der Waals surface area contributed by atoms with E-state index in [0.29, 0.717) is 23.0 Å². The molecule has 0 bridgehead atoms. The number of hydrogen-bond acceptors (Lipinski definition) is 4. The molecule has 0 saturated carbocycles. The second-order valence-corrected chi connectivity index (χ2v) is 8.09. The molecule has 144 valence electrons. The van der Waals surface area contributed by atoms with Crippen LogP contribution in [0.25, 0.3) is 10.6 Å². The van der Waals surface area contributed by atoms with Crippen molar-refractivity contribution in [3.8, 4) is 10.6 Å². The largest absolute Gasteiger partial charge is 0.371 e. The number of aromatic nitrogens is 1. The molecule has 0 spiro atoms. The van der Waals surface area contributed by atoms with Gasteiger partial charge in [-0.2, -0.15) is 0 Å². The molecule has 1 atom stereocenters. The van der Waals surface area contributed by atoms with Crippen LogP contribution in [0.5, 0.6) is 0 Å². The summed E-state index contributed by atoms with van der Waals surface area (Å²) in [6.07, 6.45) is 1.07. The van der Waals surface area contributed by atoms with Crippen LogP contribution in [0.4, 0.5) is 10.1 Å². The van der Waals surface area contributed by atoms with Gasteiger partial charge in [-0.25, -0.2) is 9.37 Å². The zero-order valence-corrected chi connectivity index (χ0v) is 16.5. The Morgan fingerprint density at radius 3 is 2.71 bits per heavy atom. The van der Waals surface area contributed by atoms with Gasteiger partial charge in [0.2, 0.25) is 0 Å². The Labute approximate surface area is 168 Å². The highest BCUT2D eigenvalue weighted by molar-refractivity contribution is 7.17. The molecule has 0 aliphatic carbocycles. The lowest BCUT2D eigenvalue weighted by Gasteiger charge is -2.18. The number of anilines is 1. The Bertz CT molecular complexity index is 956. The summed E-state index contributed by atoms with van der Waals surface area (Å²) in [5.41, 5.74) is 2.76. The number of hydrogen-bond donors (Lipinski definition) is 1. The van der Waals surface area contributed by atoms with Crippen LogP contribution in [0.15, 0.2) is 54.6 Å². The summed E-state index contributed by atoms with van der Waals surface area (Å²) in [6, 6.07) is 16.6. The topological polar surface area (TPSA) is 45.2 Å². The predicted molar refractivity (Wildman–Crippen MR) is 111 cm³/mol. The van der Waals surface area contributed by atoms with Crippen LogP contribution < -0.4 is 10.2 Å². The number of halogens is 1. The number of aryl methyl sites for hydroxylation is 1. The fraction of sp³-hybridized carbons (Fsp3) is 0.273. The first kappa shape index (κ1) is 18.6. The van der Waals surface area contributed by atoms with E-state index in [-0.39, 0.29) is 11.7 Å². The van der Waals surface area contributed by atoms with Gasteiger partial charge in [-0.05, 0) is 55.7 Å². The number of carbonyl (C=O) groups is 1. The monoisotopic (exact) mass is 395 g/mol. The highest BCUT2D eigenvalue weighted by Gasteiger charge is 2.24. The average Bonchev–Trinajstić information content (AvgIpc) is 3.34. The SMILES string of the molecule is Cc1nc(-c2ccc(F)cc2)sc1C(=O)NCC1CCN(c2ccccc2)C1. The molecule has 6 heteroatoms. The summed E-state index contributed by atoms with van der Waals surface area (Å²) in [6.45, 7) is 4.46. The van der Waals surface area contributed by atoms with Crippen molar-refractivity contribution in [3.05, 3.63) is 71.0 Å². The molecule has 0 radical (unpaired) electrons. The first-order valence-electron chi connectivity index (χ1n) is 9.41. The van der Waals surface area contributed by atoms with Crippen LogP contribution in [0.2, 0.25) is 0 Å². The Hall–Kier alpha value is -2.73. The third-order valence-electron chi connectivity index (χ3n) is 5.05. The number of nitrogens with zero attached hydrogens (tertiary/aromatic N) is 2. The molecule has 1 aliphatic heterocycles. The van der Waals surface area contributed by atoms with E-state index in [1.807, 2.05) is 13.0 Å². The standard InChI is InChI=1S/C22H22FN3OS/c1-15-20(28-22(25-15)17-7-9-18(23)10-8-17)21(27)24-13-16-11-12-26(14-16)19-5-3-2-4-6-19/h2-10,16H,11-14H2,1H3,(H,24,27). The van der Waals surface area contributed by atoms with Crippen LogP contribution in [0.1, 0.15) is 21.8 Å². The van der Waals surface area contributed by atoms with Crippen LogP contribution in [0, 0.1) is 18.7 Å². The highest BCUT2D eigenvalue weighted by Crippen LogP contribution is 2.28. The highest BCUT2D eigenvalue weighted by atomic mass is 32.1. The minimum Gasteiger partial charge on any atom is -0.371 e. The van der Waals surface area contributed by atoms with Gasteiger partial charge in [-0.15, -0.1) is 11.3 Å². The lowest BCUT2D eigenvalue weighted by atomic mass is 10.1. The van der Waals surface area contributed by atoms with E-state index in [9.17, 15) is 9.18 Å². The zero-order chi connectivity index (χ0) is 19.5. The van der Waals surface area contributed by atoms with Crippen LogP contribution in [0.3, 0.4) is 0 Å². The molecule has 1 unspecified atom stereocenters. The molecule has 4 nitrogen and oxygen atoms in total. The number of carbonyl (C=O) groups excluding carboxylic acids is 1. The van der Waals surface area contributed by atoms with E-state index in [2.05, 4.69) is 39.5 Å². The summed E-state index contributed by atoms with van der Waals surface area (Å²) in [4.78, 5) is 20.1. The summed E-state index contributed by atoms with van der Waals surface area (Å²) < 4.78 is 13.1. The van der Waals surface area contributed by atoms with Gasteiger partial charge in [0, 0.05) is 30.9 Å².